The highest BCUT2D eigenvalue weighted by atomic mass is 32.1. The summed E-state index contributed by atoms with van der Waals surface area (Å²) < 4.78 is 9.48. The van der Waals surface area contributed by atoms with Gasteiger partial charge < -0.3 is 9.84 Å². The largest absolute Gasteiger partial charge is 0.479 e. The van der Waals surface area contributed by atoms with E-state index in [-0.39, 0.29) is 17.7 Å². The van der Waals surface area contributed by atoms with Crippen molar-refractivity contribution in [1.82, 2.24) is 19.2 Å². The van der Waals surface area contributed by atoms with E-state index in [1.807, 2.05) is 47.8 Å². The number of carbonyl (C=O) groups is 1. The Labute approximate surface area is 236 Å². The average molecular weight is 560 g/mol. The Morgan fingerprint density at radius 2 is 1.98 bits per heavy atom. The molecule has 0 bridgehead atoms. The van der Waals surface area contributed by atoms with Crippen LogP contribution in [0.4, 0.5) is 0 Å². The molecule has 1 N–H and O–H groups in total. The summed E-state index contributed by atoms with van der Waals surface area (Å²) in [6.45, 7) is 3.90. The zero-order valence-corrected chi connectivity index (χ0v) is 23.6. The highest BCUT2D eigenvalue weighted by molar-refractivity contribution is 7.15. The molecule has 1 saturated carbocycles. The lowest BCUT2D eigenvalue weighted by atomic mass is 9.92. The van der Waals surface area contributed by atoms with E-state index in [2.05, 4.69) is 23.1 Å². The van der Waals surface area contributed by atoms with E-state index in [9.17, 15) is 20.0 Å². The second-order valence-electron chi connectivity index (χ2n) is 10.2. The summed E-state index contributed by atoms with van der Waals surface area (Å²) in [5.74, 6) is -0.386. The quantitative estimate of drug-likeness (QED) is 0.276. The molecular weight excluding hydrogens is 526 g/mol. The molecule has 1 atom stereocenters. The average Bonchev–Trinajstić information content (AvgIpc) is 3.64. The van der Waals surface area contributed by atoms with Crippen LogP contribution in [-0.4, -0.2) is 42.4 Å². The van der Waals surface area contributed by atoms with Crippen LogP contribution in [0.25, 0.3) is 16.2 Å². The Morgan fingerprint density at radius 3 is 2.67 bits per heavy atom. The van der Waals surface area contributed by atoms with E-state index in [1.165, 1.54) is 6.33 Å². The lowest BCUT2D eigenvalue weighted by molar-refractivity contribution is -0.156. The van der Waals surface area contributed by atoms with Crippen molar-refractivity contribution in [2.45, 2.75) is 83.5 Å². The highest BCUT2D eigenvalue weighted by Gasteiger charge is 2.30. The lowest BCUT2D eigenvalue weighted by Crippen LogP contribution is -2.36. The second-order valence-corrected chi connectivity index (χ2v) is 11.4. The van der Waals surface area contributed by atoms with Gasteiger partial charge in [0.1, 0.15) is 6.33 Å². The monoisotopic (exact) mass is 559 g/mol. The molecule has 9 nitrogen and oxygen atoms in total. The number of hydrogen-bond donors (Lipinski definition) is 1. The predicted octanol–water partition coefficient (Wildman–Crippen LogP) is 5.40. The standard InChI is InChI=1S/C30H33N5O4S/c1-3-7-25-24(16-22-14-15-27(40-22)23-9-6-5-8-19(23)17-31)28(36)34(30-32-18-33-35(25)30)20-10-12-21(13-11-20)39-26(4-2)29(37)38/h5-6,8-9,14-15,18,20-21,26H,3-4,7,10-13,16H2,1-2H3,(H,37,38)/t20-,21-,26?. The molecule has 1 aromatic carbocycles. The third kappa shape index (κ3) is 5.44. The van der Waals surface area contributed by atoms with E-state index >= 15 is 0 Å². The van der Waals surface area contributed by atoms with Gasteiger partial charge in [-0.25, -0.2) is 9.31 Å². The van der Waals surface area contributed by atoms with Crippen LogP contribution in [0.1, 0.15) is 80.1 Å². The smallest absolute Gasteiger partial charge is 0.332 e. The van der Waals surface area contributed by atoms with E-state index in [0.29, 0.717) is 56.3 Å². The number of nitriles is 1. The van der Waals surface area contributed by atoms with Crippen molar-refractivity contribution < 1.29 is 14.6 Å². The number of fused-ring (bicyclic) bond motifs is 1. The molecule has 10 heteroatoms. The molecule has 3 heterocycles. The van der Waals surface area contributed by atoms with E-state index < -0.39 is 12.1 Å². The number of carboxylic acids is 1. The van der Waals surface area contributed by atoms with Crippen LogP contribution in [0.5, 0.6) is 0 Å². The normalized spacial score (nSPS) is 18.0. The maximum atomic E-state index is 14.2. The summed E-state index contributed by atoms with van der Waals surface area (Å²) in [7, 11) is 0. The van der Waals surface area contributed by atoms with Gasteiger partial charge in [0.05, 0.1) is 23.4 Å². The highest BCUT2D eigenvalue weighted by Crippen LogP contribution is 2.34. The number of ether oxygens (including phenoxy) is 1. The van der Waals surface area contributed by atoms with Crippen LogP contribution in [0.15, 0.2) is 47.5 Å². The number of carboxylic acid groups (broad SMARTS) is 1. The Kier molecular flexibility index (Phi) is 8.43. The summed E-state index contributed by atoms with van der Waals surface area (Å²) in [5, 5.41) is 23.4. The summed E-state index contributed by atoms with van der Waals surface area (Å²) in [5.41, 5.74) is 3.08. The lowest BCUT2D eigenvalue weighted by Gasteiger charge is -2.31. The van der Waals surface area contributed by atoms with Gasteiger partial charge in [-0.1, -0.05) is 38.5 Å². The van der Waals surface area contributed by atoms with Crippen molar-refractivity contribution >= 4 is 23.1 Å². The number of nitrogens with zero attached hydrogens (tertiary/aromatic N) is 5. The van der Waals surface area contributed by atoms with Gasteiger partial charge in [0.2, 0.25) is 5.78 Å². The van der Waals surface area contributed by atoms with Crippen LogP contribution in [0, 0.1) is 11.3 Å². The molecular formula is C30H33N5O4S. The van der Waals surface area contributed by atoms with Gasteiger partial charge >= 0.3 is 5.97 Å². The van der Waals surface area contributed by atoms with Gasteiger partial charge in [0.25, 0.3) is 5.56 Å². The number of hydrogen-bond acceptors (Lipinski definition) is 7. The first-order chi connectivity index (χ1) is 19.4. The van der Waals surface area contributed by atoms with Gasteiger partial charge in [0, 0.05) is 33.3 Å². The first-order valence-corrected chi connectivity index (χ1v) is 14.7. The van der Waals surface area contributed by atoms with Crippen LogP contribution >= 0.6 is 11.3 Å². The van der Waals surface area contributed by atoms with Gasteiger partial charge in [-0.05, 0) is 56.7 Å². The molecule has 0 amide bonds. The molecule has 0 spiro atoms. The fraction of sp³-hybridized carbons (Fsp3) is 0.433. The molecule has 3 aromatic heterocycles. The Hall–Kier alpha value is -3.81. The van der Waals surface area contributed by atoms with Crippen LogP contribution in [0.3, 0.4) is 0 Å². The fourth-order valence-electron chi connectivity index (χ4n) is 5.67. The number of rotatable bonds is 10. The van der Waals surface area contributed by atoms with Crippen molar-refractivity contribution in [1.29, 1.82) is 5.26 Å². The fourth-order valence-corrected chi connectivity index (χ4v) is 6.73. The van der Waals surface area contributed by atoms with Gasteiger partial charge in [-0.15, -0.1) is 11.3 Å². The van der Waals surface area contributed by atoms with Gasteiger partial charge in [0.15, 0.2) is 6.10 Å². The van der Waals surface area contributed by atoms with Crippen molar-refractivity contribution in [2.75, 3.05) is 0 Å². The minimum Gasteiger partial charge on any atom is -0.479 e. The van der Waals surface area contributed by atoms with E-state index in [1.54, 1.807) is 15.9 Å². The molecule has 1 aliphatic carbocycles. The van der Waals surface area contributed by atoms with Crippen molar-refractivity contribution in [3.05, 3.63) is 74.8 Å². The predicted molar refractivity (Wildman–Crippen MR) is 153 cm³/mol. The van der Waals surface area contributed by atoms with E-state index in [4.69, 9.17) is 4.74 Å². The molecule has 0 radical (unpaired) electrons. The summed E-state index contributed by atoms with van der Waals surface area (Å²) in [4.78, 5) is 32.2. The first kappa shape index (κ1) is 27.7. The van der Waals surface area contributed by atoms with Crippen molar-refractivity contribution in [3.8, 4) is 16.5 Å². The van der Waals surface area contributed by atoms with Gasteiger partial charge in [-0.3, -0.25) is 9.36 Å². The number of benzene rings is 1. The molecule has 208 valence electrons. The Balaban J connectivity index is 1.47. The third-order valence-electron chi connectivity index (χ3n) is 7.65. The Morgan fingerprint density at radius 1 is 1.20 bits per heavy atom. The minimum absolute atomic E-state index is 0.0438. The molecule has 4 aromatic rings. The second kappa shape index (κ2) is 12.1. The van der Waals surface area contributed by atoms with Crippen molar-refractivity contribution in [3.63, 3.8) is 0 Å². The summed E-state index contributed by atoms with van der Waals surface area (Å²) in [6.07, 6.45) is 5.78. The van der Waals surface area contributed by atoms with Gasteiger partial charge in [-0.2, -0.15) is 15.3 Å². The third-order valence-corrected chi connectivity index (χ3v) is 8.77. The topological polar surface area (TPSA) is 123 Å². The summed E-state index contributed by atoms with van der Waals surface area (Å²) >= 11 is 1.60. The number of aryl methyl sites for hydroxylation is 1. The first-order valence-electron chi connectivity index (χ1n) is 13.9. The molecule has 40 heavy (non-hydrogen) atoms. The molecule has 1 unspecified atom stereocenters. The molecule has 0 aliphatic heterocycles. The molecule has 0 saturated heterocycles. The van der Waals surface area contributed by atoms with Crippen LogP contribution in [-0.2, 0) is 22.4 Å². The molecule has 1 aliphatic rings. The zero-order valence-electron chi connectivity index (χ0n) is 22.7. The number of thiophene rings is 1. The van der Waals surface area contributed by atoms with Crippen molar-refractivity contribution in [2.24, 2.45) is 0 Å². The number of aromatic nitrogens is 4. The Bertz CT molecular complexity index is 1610. The SMILES string of the molecule is CCCc1c(Cc2ccc(-c3ccccc3C#N)s2)c(=O)n([C@H]2CC[C@H](OC(CC)C(=O)O)CC2)c2ncnn12. The molecule has 5 rings (SSSR count). The maximum absolute atomic E-state index is 14.2. The van der Waals surface area contributed by atoms with Crippen LogP contribution in [0.2, 0.25) is 0 Å². The molecule has 1 fully saturated rings. The van der Waals surface area contributed by atoms with E-state index in [0.717, 1.165) is 33.0 Å². The number of aliphatic carboxylic acids is 1. The summed E-state index contributed by atoms with van der Waals surface area (Å²) in [6, 6.07) is 13.8. The minimum atomic E-state index is -0.935. The maximum Gasteiger partial charge on any atom is 0.332 e. The zero-order chi connectivity index (χ0) is 28.2. The van der Waals surface area contributed by atoms with Crippen LogP contribution < -0.4 is 5.56 Å².